The summed E-state index contributed by atoms with van der Waals surface area (Å²) in [5, 5.41) is 17.3. The van der Waals surface area contributed by atoms with Gasteiger partial charge in [-0.3, -0.25) is 4.79 Å². The van der Waals surface area contributed by atoms with E-state index in [1.165, 1.54) is 10.9 Å². The molecular weight excluding hydrogens is 380 g/mol. The maximum Gasteiger partial charge on any atom is 0.257 e. The first-order chi connectivity index (χ1) is 14.5. The van der Waals surface area contributed by atoms with Crippen molar-refractivity contribution in [3.05, 3.63) is 59.7 Å². The van der Waals surface area contributed by atoms with Gasteiger partial charge in [0, 0.05) is 11.6 Å². The number of amides is 1. The highest BCUT2D eigenvalue weighted by molar-refractivity contribution is 6.10. The zero-order valence-electron chi connectivity index (χ0n) is 16.7. The lowest BCUT2D eigenvalue weighted by molar-refractivity contribution is 0.0941. The average Bonchev–Trinajstić information content (AvgIpc) is 3.01. The van der Waals surface area contributed by atoms with Gasteiger partial charge in [0.05, 0.1) is 17.2 Å². The van der Waals surface area contributed by atoms with Gasteiger partial charge in [0.15, 0.2) is 5.65 Å². The van der Waals surface area contributed by atoms with E-state index in [4.69, 9.17) is 5.73 Å². The number of rotatable bonds is 5. The van der Waals surface area contributed by atoms with Crippen LogP contribution in [0.2, 0.25) is 0 Å². The lowest BCUT2D eigenvalue weighted by Crippen LogP contribution is -2.32. The van der Waals surface area contributed by atoms with E-state index in [9.17, 15) is 9.90 Å². The molecule has 2 heterocycles. The van der Waals surface area contributed by atoms with Crippen molar-refractivity contribution in [2.45, 2.75) is 26.3 Å². The highest BCUT2D eigenvalue weighted by Gasteiger charge is 2.24. The molecule has 0 saturated heterocycles. The number of nitrogens with one attached hydrogen (secondary N) is 1. The van der Waals surface area contributed by atoms with Crippen LogP contribution in [0, 0.1) is 0 Å². The van der Waals surface area contributed by atoms with Gasteiger partial charge in [0.2, 0.25) is 0 Å². The van der Waals surface area contributed by atoms with Crippen molar-refractivity contribution in [2.75, 3.05) is 5.73 Å². The molecule has 2 aromatic carbocycles. The van der Waals surface area contributed by atoms with Gasteiger partial charge in [-0.2, -0.15) is 9.78 Å². The first-order valence-electron chi connectivity index (χ1n) is 9.69. The average molecular weight is 402 g/mol. The van der Waals surface area contributed by atoms with Crippen molar-refractivity contribution >= 4 is 40.1 Å². The molecule has 0 aliphatic heterocycles. The van der Waals surface area contributed by atoms with Crippen molar-refractivity contribution in [1.29, 1.82) is 0 Å². The molecule has 8 nitrogen and oxygen atoms in total. The Morgan fingerprint density at radius 3 is 2.57 bits per heavy atom. The van der Waals surface area contributed by atoms with E-state index in [0.29, 0.717) is 27.8 Å². The number of fused-ring (bicyclic) bond motifs is 2. The number of phenols is 1. The van der Waals surface area contributed by atoms with Crippen LogP contribution in [0.3, 0.4) is 0 Å². The lowest BCUT2D eigenvalue weighted by Gasteiger charge is -2.11. The van der Waals surface area contributed by atoms with E-state index in [1.54, 1.807) is 24.3 Å². The molecule has 0 saturated carbocycles. The van der Waals surface area contributed by atoms with E-state index in [-0.39, 0.29) is 29.1 Å². The Kier molecular flexibility index (Phi) is 5.05. The molecule has 152 valence electrons. The number of carbonyl (C=O) groups excluding carboxylic acids is 1. The van der Waals surface area contributed by atoms with Gasteiger partial charge in [-0.05, 0) is 37.6 Å². The minimum Gasteiger partial charge on any atom is -0.507 e. The number of benzene rings is 2. The number of hydrogen-bond donors (Lipinski definition) is 3. The van der Waals surface area contributed by atoms with E-state index in [1.807, 2.05) is 38.1 Å². The smallest absolute Gasteiger partial charge is 0.257 e. The Morgan fingerprint density at radius 2 is 1.87 bits per heavy atom. The summed E-state index contributed by atoms with van der Waals surface area (Å²) in [4.78, 5) is 22.2. The van der Waals surface area contributed by atoms with E-state index < -0.39 is 0 Å². The zero-order valence-corrected chi connectivity index (χ0v) is 16.7. The summed E-state index contributed by atoms with van der Waals surface area (Å²) in [5.74, 6) is -0.108. The summed E-state index contributed by atoms with van der Waals surface area (Å²) in [6.45, 7) is 3.91. The number of para-hydroxylation sites is 3. The topological polar surface area (TPSA) is 118 Å². The first kappa shape index (κ1) is 19.4. The van der Waals surface area contributed by atoms with E-state index >= 15 is 0 Å². The largest absolute Gasteiger partial charge is 0.507 e. The number of nitrogens with zero attached hydrogens (tertiary/aromatic N) is 4. The zero-order chi connectivity index (χ0) is 21.3. The second-order valence-corrected chi connectivity index (χ2v) is 7.04. The Bertz CT molecular complexity index is 1280. The monoisotopic (exact) mass is 402 g/mol. The number of nitrogens with two attached hydrogens (primary N) is 1. The fraction of sp³-hybridized carbons (Fsp3) is 0.182. The van der Waals surface area contributed by atoms with Gasteiger partial charge in [-0.25, -0.2) is 9.97 Å². The molecule has 4 aromatic rings. The third-order valence-corrected chi connectivity index (χ3v) is 4.94. The third kappa shape index (κ3) is 3.43. The molecule has 1 atom stereocenters. The third-order valence-electron chi connectivity index (χ3n) is 4.94. The van der Waals surface area contributed by atoms with Crippen LogP contribution in [0.5, 0.6) is 5.75 Å². The molecule has 0 unspecified atom stereocenters. The number of phenolic OH excluding ortho intramolecular Hbond substituents is 1. The molecule has 0 aliphatic rings. The fourth-order valence-corrected chi connectivity index (χ4v) is 3.10. The predicted molar refractivity (Wildman–Crippen MR) is 118 cm³/mol. The standard InChI is InChI=1S/C22H22N6O2/c1-3-13(2)25-22(30)18-19-21(27-16-10-6-5-9-15(16)26-19)28(20(18)23)24-12-14-8-4-7-11-17(14)29/h4-13,29H,3,23H2,1-2H3,(H,25,30)/b24-12+/t13-/m1/s1. The van der Waals surface area contributed by atoms with Crippen molar-refractivity contribution in [3.63, 3.8) is 0 Å². The van der Waals surface area contributed by atoms with Gasteiger partial charge in [0.1, 0.15) is 22.6 Å². The van der Waals surface area contributed by atoms with Crippen LogP contribution in [0.25, 0.3) is 22.2 Å². The molecule has 1 amide bonds. The lowest BCUT2D eigenvalue weighted by atomic mass is 10.2. The number of hydrogen-bond acceptors (Lipinski definition) is 6. The summed E-state index contributed by atoms with van der Waals surface area (Å²) in [6.07, 6.45) is 2.25. The fourth-order valence-electron chi connectivity index (χ4n) is 3.10. The molecular formula is C22H22N6O2. The van der Waals surface area contributed by atoms with Gasteiger partial charge in [-0.1, -0.05) is 31.2 Å². The molecule has 0 bridgehead atoms. The van der Waals surface area contributed by atoms with Gasteiger partial charge < -0.3 is 16.2 Å². The van der Waals surface area contributed by atoms with Crippen molar-refractivity contribution in [3.8, 4) is 5.75 Å². The van der Waals surface area contributed by atoms with Gasteiger partial charge in [-0.15, -0.1) is 0 Å². The second kappa shape index (κ2) is 7.82. The molecule has 8 heteroatoms. The highest BCUT2D eigenvalue weighted by atomic mass is 16.3. The van der Waals surface area contributed by atoms with Crippen LogP contribution in [0.1, 0.15) is 36.2 Å². The molecule has 0 radical (unpaired) electrons. The highest BCUT2D eigenvalue weighted by Crippen LogP contribution is 2.28. The summed E-state index contributed by atoms with van der Waals surface area (Å²) in [6, 6.07) is 14.2. The van der Waals surface area contributed by atoms with E-state index in [0.717, 1.165) is 6.42 Å². The maximum absolute atomic E-state index is 13.0. The molecule has 4 N–H and O–H groups in total. The Labute approximate surface area is 173 Å². The molecule has 4 rings (SSSR count). The van der Waals surface area contributed by atoms with Crippen molar-refractivity contribution < 1.29 is 9.90 Å². The molecule has 2 aromatic heterocycles. The minimum atomic E-state index is -0.326. The first-order valence-corrected chi connectivity index (χ1v) is 9.69. The Hall–Kier alpha value is -3.94. The number of aromatic nitrogens is 3. The molecule has 0 aliphatic carbocycles. The Balaban J connectivity index is 1.92. The predicted octanol–water partition coefficient (Wildman–Crippen LogP) is 3.28. The number of aromatic hydroxyl groups is 1. The van der Waals surface area contributed by atoms with Crippen LogP contribution >= 0.6 is 0 Å². The van der Waals surface area contributed by atoms with Crippen LogP contribution in [-0.2, 0) is 0 Å². The van der Waals surface area contributed by atoms with E-state index in [2.05, 4.69) is 20.4 Å². The number of carbonyl (C=O) groups is 1. The maximum atomic E-state index is 13.0. The van der Waals surface area contributed by atoms with Gasteiger partial charge >= 0.3 is 0 Å². The summed E-state index contributed by atoms with van der Waals surface area (Å²) >= 11 is 0. The Morgan fingerprint density at radius 1 is 1.20 bits per heavy atom. The second-order valence-electron chi connectivity index (χ2n) is 7.04. The molecule has 0 fully saturated rings. The van der Waals surface area contributed by atoms with Crippen molar-refractivity contribution in [2.24, 2.45) is 5.10 Å². The number of nitrogen functional groups attached to an aromatic ring is 1. The summed E-state index contributed by atoms with van der Waals surface area (Å²) in [7, 11) is 0. The SMILES string of the molecule is CC[C@@H](C)NC(=O)c1c(N)n(/N=C/c2ccccc2O)c2nc3ccccc3nc12. The van der Waals surface area contributed by atoms with Gasteiger partial charge in [0.25, 0.3) is 5.91 Å². The van der Waals surface area contributed by atoms with Crippen LogP contribution in [0.15, 0.2) is 53.6 Å². The quantitative estimate of drug-likeness (QED) is 0.443. The molecule has 30 heavy (non-hydrogen) atoms. The summed E-state index contributed by atoms with van der Waals surface area (Å²) < 4.78 is 1.38. The number of anilines is 1. The van der Waals surface area contributed by atoms with Crippen LogP contribution < -0.4 is 11.1 Å². The van der Waals surface area contributed by atoms with Crippen molar-refractivity contribution in [1.82, 2.24) is 20.0 Å². The molecule has 0 spiro atoms. The minimum absolute atomic E-state index is 0.0199. The normalized spacial score (nSPS) is 12.6. The van der Waals surface area contributed by atoms with Crippen LogP contribution in [0.4, 0.5) is 5.82 Å². The van der Waals surface area contributed by atoms with Crippen LogP contribution in [-0.4, -0.2) is 37.9 Å². The summed E-state index contributed by atoms with van der Waals surface area (Å²) in [5.41, 5.74) is 9.15.